The van der Waals surface area contributed by atoms with Gasteiger partial charge in [0, 0.05) is 24.8 Å². The van der Waals surface area contributed by atoms with E-state index in [4.69, 9.17) is 14.0 Å². The largest absolute Gasteiger partial charge is 0.382 e. The van der Waals surface area contributed by atoms with Crippen molar-refractivity contribution < 1.29 is 22.4 Å². The zero-order chi connectivity index (χ0) is 24.7. The van der Waals surface area contributed by atoms with Crippen LogP contribution in [0.5, 0.6) is 0 Å². The first-order chi connectivity index (χ1) is 16.3. The van der Waals surface area contributed by atoms with Crippen molar-refractivity contribution in [2.45, 2.75) is 25.3 Å². The van der Waals surface area contributed by atoms with Gasteiger partial charge in [-0.15, -0.1) is 0 Å². The van der Waals surface area contributed by atoms with Crippen molar-refractivity contribution in [3.05, 3.63) is 64.8 Å². The van der Waals surface area contributed by atoms with Gasteiger partial charge >= 0.3 is 0 Å². The van der Waals surface area contributed by atoms with Crippen molar-refractivity contribution in [3.63, 3.8) is 0 Å². The molecule has 0 aliphatic rings. The number of hydrogen-bond acceptors (Lipinski definition) is 8. The summed E-state index contributed by atoms with van der Waals surface area (Å²) in [5.74, 6) is 0.0972. The first-order valence-corrected chi connectivity index (χ1v) is 12.1. The third kappa shape index (κ3) is 5.29. The van der Waals surface area contributed by atoms with E-state index < -0.39 is 10.0 Å². The van der Waals surface area contributed by atoms with Gasteiger partial charge in [-0.3, -0.25) is 0 Å². The molecule has 1 aromatic heterocycles. The highest BCUT2D eigenvalue weighted by Gasteiger charge is 2.32. The summed E-state index contributed by atoms with van der Waals surface area (Å²) in [5, 5.41) is 16.3. The lowest BCUT2D eigenvalue weighted by atomic mass is 9.97. The van der Waals surface area contributed by atoms with Gasteiger partial charge in [0.15, 0.2) is 0 Å². The molecule has 2 aromatic carbocycles. The molecule has 0 spiro atoms. The van der Waals surface area contributed by atoms with Crippen molar-refractivity contribution in [2.75, 3.05) is 38.4 Å². The molecule has 180 valence electrons. The van der Waals surface area contributed by atoms with Crippen LogP contribution in [0, 0.1) is 25.2 Å². The van der Waals surface area contributed by atoms with Crippen LogP contribution in [0.3, 0.4) is 0 Å². The van der Waals surface area contributed by atoms with E-state index in [9.17, 15) is 13.7 Å². The molecule has 9 nitrogen and oxygen atoms in total. The number of methoxy groups -OCH3 is 1. The molecule has 0 fully saturated rings. The van der Waals surface area contributed by atoms with Crippen LogP contribution < -0.4 is 9.62 Å². The topological polar surface area (TPSA) is 118 Å². The molecule has 1 N–H and O–H groups in total. The maximum atomic E-state index is 14.0. The number of ether oxygens (including phenoxy) is 2. The SMILES string of the molecule is CNCc1cc(C#N)ccc1-c1ccccc1S(=O)(=O)N(COCCOC)c1onc(C)c1C. The molecule has 0 radical (unpaired) electrons. The Bertz CT molecular complexity index is 1280. The average molecular weight is 485 g/mol. The minimum atomic E-state index is -4.13. The summed E-state index contributed by atoms with van der Waals surface area (Å²) < 4.78 is 45.1. The van der Waals surface area contributed by atoms with Crippen LogP contribution >= 0.6 is 0 Å². The van der Waals surface area contributed by atoms with Crippen molar-refractivity contribution in [3.8, 4) is 17.2 Å². The summed E-state index contributed by atoms with van der Waals surface area (Å²) in [7, 11) is -0.797. The van der Waals surface area contributed by atoms with Gasteiger partial charge in [-0.25, -0.2) is 12.7 Å². The molecule has 0 saturated heterocycles. The van der Waals surface area contributed by atoms with E-state index in [0.29, 0.717) is 41.1 Å². The fourth-order valence-corrected chi connectivity index (χ4v) is 5.00. The van der Waals surface area contributed by atoms with Gasteiger partial charge in [-0.1, -0.05) is 29.4 Å². The molecule has 0 saturated carbocycles. The zero-order valence-corrected chi connectivity index (χ0v) is 20.5. The fraction of sp³-hybridized carbons (Fsp3) is 0.333. The molecule has 0 bridgehead atoms. The number of anilines is 1. The smallest absolute Gasteiger partial charge is 0.269 e. The summed E-state index contributed by atoms with van der Waals surface area (Å²) in [6, 6.07) is 14.1. The Hall–Kier alpha value is -3.23. The Kier molecular flexibility index (Phi) is 8.41. The standard InChI is InChI=1S/C24H28N4O5S/c1-17-18(2)27-33-24(17)28(16-32-12-11-31-4)34(29,30)23-8-6-5-7-22(23)21-10-9-19(14-25)13-20(21)15-26-3/h5-10,13,26H,11-12,15-16H2,1-4H3. The van der Waals surface area contributed by atoms with E-state index in [-0.39, 0.29) is 24.1 Å². The monoisotopic (exact) mass is 484 g/mol. The number of sulfonamides is 1. The highest BCUT2D eigenvalue weighted by atomic mass is 32.2. The summed E-state index contributed by atoms with van der Waals surface area (Å²) in [6.07, 6.45) is 0. The van der Waals surface area contributed by atoms with Gasteiger partial charge in [0.2, 0.25) is 5.88 Å². The average Bonchev–Trinajstić information content (AvgIpc) is 3.17. The molecular formula is C24H28N4O5S. The van der Waals surface area contributed by atoms with Gasteiger partial charge in [0.1, 0.15) is 6.73 Å². The van der Waals surface area contributed by atoms with E-state index in [1.54, 1.807) is 70.5 Å². The minimum Gasteiger partial charge on any atom is -0.382 e. The second kappa shape index (κ2) is 11.3. The number of hydrogen-bond donors (Lipinski definition) is 1. The van der Waals surface area contributed by atoms with Crippen molar-refractivity contribution in [1.29, 1.82) is 5.26 Å². The fourth-order valence-electron chi connectivity index (χ4n) is 3.46. The summed E-state index contributed by atoms with van der Waals surface area (Å²) in [4.78, 5) is 0.0841. The number of aromatic nitrogens is 1. The third-order valence-corrected chi connectivity index (χ3v) is 7.11. The summed E-state index contributed by atoms with van der Waals surface area (Å²) in [5.41, 5.74) is 3.70. The number of nitrogens with zero attached hydrogens (tertiary/aromatic N) is 3. The molecule has 0 aliphatic carbocycles. The van der Waals surface area contributed by atoms with Crippen LogP contribution in [0.2, 0.25) is 0 Å². The minimum absolute atomic E-state index is 0.0841. The Morgan fingerprint density at radius 1 is 1.15 bits per heavy atom. The van der Waals surface area contributed by atoms with E-state index in [0.717, 1.165) is 9.87 Å². The Labute approximate surface area is 199 Å². The van der Waals surface area contributed by atoms with E-state index >= 15 is 0 Å². The highest BCUT2D eigenvalue weighted by Crippen LogP contribution is 2.35. The second-order valence-corrected chi connectivity index (χ2v) is 9.42. The molecule has 0 amide bonds. The van der Waals surface area contributed by atoms with Crippen LogP contribution in [-0.4, -0.2) is 47.7 Å². The van der Waals surface area contributed by atoms with Gasteiger partial charge < -0.3 is 19.3 Å². The molecule has 1 heterocycles. The Morgan fingerprint density at radius 3 is 2.56 bits per heavy atom. The predicted molar refractivity (Wildman–Crippen MR) is 128 cm³/mol. The number of nitriles is 1. The van der Waals surface area contributed by atoms with Crippen LogP contribution in [-0.2, 0) is 26.0 Å². The number of benzene rings is 2. The first-order valence-electron chi connectivity index (χ1n) is 10.6. The van der Waals surface area contributed by atoms with Crippen molar-refractivity contribution >= 4 is 15.9 Å². The van der Waals surface area contributed by atoms with Crippen molar-refractivity contribution in [1.82, 2.24) is 10.5 Å². The van der Waals surface area contributed by atoms with Crippen LogP contribution in [0.25, 0.3) is 11.1 Å². The van der Waals surface area contributed by atoms with Crippen molar-refractivity contribution in [2.24, 2.45) is 0 Å². The second-order valence-electron chi connectivity index (χ2n) is 7.59. The van der Waals surface area contributed by atoms with Gasteiger partial charge in [0.05, 0.1) is 35.4 Å². The number of nitrogens with one attached hydrogen (secondary N) is 1. The first kappa shape index (κ1) is 25.4. The molecule has 0 unspecified atom stereocenters. The third-order valence-electron chi connectivity index (χ3n) is 5.35. The number of rotatable bonds is 11. The lowest BCUT2D eigenvalue weighted by Gasteiger charge is -2.24. The van der Waals surface area contributed by atoms with Crippen LogP contribution in [0.15, 0.2) is 51.9 Å². The van der Waals surface area contributed by atoms with E-state index in [1.165, 1.54) is 0 Å². The van der Waals surface area contributed by atoms with Crippen LogP contribution in [0.1, 0.15) is 22.4 Å². The summed E-state index contributed by atoms with van der Waals surface area (Å²) in [6.45, 7) is 4.20. The lowest BCUT2D eigenvalue weighted by Crippen LogP contribution is -2.34. The lowest BCUT2D eigenvalue weighted by molar-refractivity contribution is 0.0744. The van der Waals surface area contributed by atoms with E-state index in [2.05, 4.69) is 16.5 Å². The highest BCUT2D eigenvalue weighted by molar-refractivity contribution is 7.93. The predicted octanol–water partition coefficient (Wildman–Crippen LogP) is 3.37. The maximum Gasteiger partial charge on any atom is 0.269 e. The molecule has 3 aromatic rings. The zero-order valence-electron chi connectivity index (χ0n) is 19.7. The Balaban J connectivity index is 2.14. The quantitative estimate of drug-likeness (QED) is 0.325. The maximum absolute atomic E-state index is 14.0. The molecule has 0 aliphatic heterocycles. The molecule has 10 heteroatoms. The van der Waals surface area contributed by atoms with E-state index in [1.807, 2.05) is 0 Å². The van der Waals surface area contributed by atoms with Gasteiger partial charge in [-0.05, 0) is 50.2 Å². The summed E-state index contributed by atoms with van der Waals surface area (Å²) >= 11 is 0. The molecular weight excluding hydrogens is 456 g/mol. The van der Waals surface area contributed by atoms with Gasteiger partial charge in [0.25, 0.3) is 10.0 Å². The number of aryl methyl sites for hydroxylation is 1. The molecule has 34 heavy (non-hydrogen) atoms. The normalized spacial score (nSPS) is 11.4. The van der Waals surface area contributed by atoms with Gasteiger partial charge in [-0.2, -0.15) is 5.26 Å². The molecule has 0 atom stereocenters. The van der Waals surface area contributed by atoms with Crippen LogP contribution in [0.4, 0.5) is 5.88 Å². The Morgan fingerprint density at radius 2 is 1.91 bits per heavy atom. The molecule has 3 rings (SSSR count).